The van der Waals surface area contributed by atoms with Crippen molar-refractivity contribution >= 4 is 22.7 Å². The zero-order valence-corrected chi connectivity index (χ0v) is 15.7. The third-order valence-electron chi connectivity index (χ3n) is 4.73. The molecule has 0 radical (unpaired) electrons. The van der Waals surface area contributed by atoms with E-state index in [0.717, 1.165) is 51.6 Å². The molecule has 1 aliphatic rings. The summed E-state index contributed by atoms with van der Waals surface area (Å²) in [4.78, 5) is 11.3. The number of rotatable bonds is 8. The Morgan fingerprint density at radius 2 is 1.96 bits per heavy atom. The highest BCUT2D eigenvalue weighted by molar-refractivity contribution is 5.90. The smallest absolute Gasteiger partial charge is 0.225 e. The van der Waals surface area contributed by atoms with Gasteiger partial charge in [0.1, 0.15) is 22.9 Å². The van der Waals surface area contributed by atoms with E-state index in [4.69, 9.17) is 9.15 Å². The van der Waals surface area contributed by atoms with Crippen LogP contribution >= 0.6 is 0 Å². The van der Waals surface area contributed by atoms with Crippen LogP contribution in [0.4, 0.5) is 16.2 Å². The van der Waals surface area contributed by atoms with E-state index in [9.17, 15) is 4.39 Å². The lowest BCUT2D eigenvalue weighted by Gasteiger charge is -2.26. The molecule has 0 unspecified atom stereocenters. The predicted molar refractivity (Wildman–Crippen MR) is 106 cm³/mol. The van der Waals surface area contributed by atoms with Gasteiger partial charge in [0.05, 0.1) is 26.0 Å². The maximum Gasteiger partial charge on any atom is 0.225 e. The van der Waals surface area contributed by atoms with E-state index >= 15 is 0 Å². The fourth-order valence-corrected chi connectivity index (χ4v) is 3.24. The van der Waals surface area contributed by atoms with E-state index in [1.807, 2.05) is 18.2 Å². The van der Waals surface area contributed by atoms with Crippen molar-refractivity contribution < 1.29 is 13.5 Å². The van der Waals surface area contributed by atoms with Gasteiger partial charge in [-0.05, 0) is 37.2 Å². The SMILES string of the molecule is Fc1cccc2c(NCc3ccco3)nc(NCCCN3CCOCC3)nc12. The summed E-state index contributed by atoms with van der Waals surface area (Å²) >= 11 is 0. The molecule has 28 heavy (non-hydrogen) atoms. The molecular formula is C20H24FN5O2. The Balaban J connectivity index is 1.44. The van der Waals surface area contributed by atoms with Crippen LogP contribution in [-0.4, -0.2) is 54.3 Å². The lowest BCUT2D eigenvalue weighted by molar-refractivity contribution is 0.0378. The molecule has 1 fully saturated rings. The zero-order chi connectivity index (χ0) is 19.2. The van der Waals surface area contributed by atoms with E-state index < -0.39 is 0 Å². The molecule has 148 valence electrons. The van der Waals surface area contributed by atoms with Crippen molar-refractivity contribution in [1.82, 2.24) is 14.9 Å². The molecule has 0 atom stereocenters. The summed E-state index contributed by atoms with van der Waals surface area (Å²) in [5.74, 6) is 1.42. The second kappa shape index (κ2) is 8.99. The van der Waals surface area contributed by atoms with Crippen LogP contribution in [0, 0.1) is 5.82 Å². The number of nitrogens with zero attached hydrogens (tertiary/aromatic N) is 3. The van der Waals surface area contributed by atoms with Crippen molar-refractivity contribution in [3.8, 4) is 0 Å². The molecular weight excluding hydrogens is 361 g/mol. The minimum Gasteiger partial charge on any atom is -0.467 e. The van der Waals surface area contributed by atoms with Gasteiger partial charge in [-0.3, -0.25) is 4.90 Å². The lowest BCUT2D eigenvalue weighted by atomic mass is 10.2. The van der Waals surface area contributed by atoms with E-state index in [1.54, 1.807) is 12.3 Å². The molecule has 7 nitrogen and oxygen atoms in total. The summed E-state index contributed by atoms with van der Waals surface area (Å²) in [6.07, 6.45) is 2.57. The van der Waals surface area contributed by atoms with Gasteiger partial charge in [0, 0.05) is 25.0 Å². The van der Waals surface area contributed by atoms with Crippen molar-refractivity contribution in [1.29, 1.82) is 0 Å². The average Bonchev–Trinajstić information content (AvgIpc) is 3.25. The summed E-state index contributed by atoms with van der Waals surface area (Å²) in [5, 5.41) is 7.10. The second-order valence-corrected chi connectivity index (χ2v) is 6.70. The van der Waals surface area contributed by atoms with Crippen LogP contribution in [0.15, 0.2) is 41.0 Å². The minimum atomic E-state index is -0.364. The van der Waals surface area contributed by atoms with Gasteiger partial charge in [0.15, 0.2) is 0 Å². The maximum absolute atomic E-state index is 14.3. The van der Waals surface area contributed by atoms with Crippen molar-refractivity contribution in [2.24, 2.45) is 0 Å². The second-order valence-electron chi connectivity index (χ2n) is 6.70. The lowest BCUT2D eigenvalue weighted by Crippen LogP contribution is -2.37. The molecule has 1 saturated heterocycles. The largest absolute Gasteiger partial charge is 0.467 e. The average molecular weight is 385 g/mol. The number of nitrogens with one attached hydrogen (secondary N) is 2. The molecule has 3 heterocycles. The number of para-hydroxylation sites is 1. The summed E-state index contributed by atoms with van der Waals surface area (Å²) in [5.41, 5.74) is 0.301. The molecule has 1 aromatic carbocycles. The number of furan rings is 1. The number of hydrogen-bond donors (Lipinski definition) is 2. The summed E-state index contributed by atoms with van der Waals surface area (Å²) < 4.78 is 25.0. The highest BCUT2D eigenvalue weighted by Crippen LogP contribution is 2.24. The van der Waals surface area contributed by atoms with Crippen LogP contribution < -0.4 is 10.6 Å². The topological polar surface area (TPSA) is 75.5 Å². The molecule has 0 saturated carbocycles. The normalized spacial score (nSPS) is 15.0. The number of anilines is 2. The van der Waals surface area contributed by atoms with E-state index in [1.165, 1.54) is 6.07 Å². The fourth-order valence-electron chi connectivity index (χ4n) is 3.24. The van der Waals surface area contributed by atoms with Crippen LogP contribution in [-0.2, 0) is 11.3 Å². The van der Waals surface area contributed by atoms with E-state index in [2.05, 4.69) is 25.5 Å². The molecule has 3 aromatic rings. The molecule has 8 heteroatoms. The first-order valence-electron chi connectivity index (χ1n) is 9.56. The Morgan fingerprint density at radius 1 is 1.07 bits per heavy atom. The molecule has 0 amide bonds. The predicted octanol–water partition coefficient (Wildman–Crippen LogP) is 3.11. The first kappa shape index (κ1) is 18.6. The zero-order valence-electron chi connectivity index (χ0n) is 15.7. The fraction of sp³-hybridized carbons (Fsp3) is 0.400. The van der Waals surface area contributed by atoms with Gasteiger partial charge in [-0.25, -0.2) is 9.37 Å². The Hall–Kier alpha value is -2.71. The molecule has 0 aliphatic carbocycles. The van der Waals surface area contributed by atoms with Gasteiger partial charge < -0.3 is 19.8 Å². The van der Waals surface area contributed by atoms with Crippen molar-refractivity contribution in [3.05, 3.63) is 48.2 Å². The highest BCUT2D eigenvalue weighted by atomic mass is 19.1. The Kier molecular flexibility index (Phi) is 5.98. The Labute approximate surface area is 162 Å². The first-order valence-corrected chi connectivity index (χ1v) is 9.56. The summed E-state index contributed by atoms with van der Waals surface area (Å²) in [6.45, 7) is 5.70. The number of benzene rings is 1. The third-order valence-corrected chi connectivity index (χ3v) is 4.73. The van der Waals surface area contributed by atoms with Gasteiger partial charge in [0.25, 0.3) is 0 Å². The van der Waals surface area contributed by atoms with Crippen molar-refractivity contribution in [3.63, 3.8) is 0 Å². The molecule has 2 N–H and O–H groups in total. The van der Waals surface area contributed by atoms with E-state index in [0.29, 0.717) is 29.2 Å². The quantitative estimate of drug-likeness (QED) is 0.577. The summed E-state index contributed by atoms with van der Waals surface area (Å²) in [7, 11) is 0. The van der Waals surface area contributed by atoms with Crippen LogP contribution in [0.25, 0.3) is 10.9 Å². The van der Waals surface area contributed by atoms with Crippen LogP contribution in [0.5, 0.6) is 0 Å². The molecule has 4 rings (SSSR count). The van der Waals surface area contributed by atoms with Gasteiger partial charge in [-0.1, -0.05) is 6.07 Å². The number of hydrogen-bond acceptors (Lipinski definition) is 7. The van der Waals surface area contributed by atoms with Crippen LogP contribution in [0.2, 0.25) is 0 Å². The first-order chi connectivity index (χ1) is 13.8. The van der Waals surface area contributed by atoms with Crippen LogP contribution in [0.3, 0.4) is 0 Å². The van der Waals surface area contributed by atoms with Gasteiger partial charge in [-0.2, -0.15) is 4.98 Å². The number of fused-ring (bicyclic) bond motifs is 1. The monoisotopic (exact) mass is 385 g/mol. The standard InChI is InChI=1S/C20H24FN5O2/c21-17-6-1-5-16-18(17)24-20(22-7-3-8-26-9-12-27-13-10-26)25-19(16)23-14-15-4-2-11-28-15/h1-2,4-6,11H,3,7-10,12-14H2,(H2,22,23,24,25). The highest BCUT2D eigenvalue weighted by Gasteiger charge is 2.12. The van der Waals surface area contributed by atoms with Gasteiger partial charge in [-0.15, -0.1) is 0 Å². The Bertz CT molecular complexity index is 897. The van der Waals surface area contributed by atoms with Crippen molar-refractivity contribution in [2.45, 2.75) is 13.0 Å². The van der Waals surface area contributed by atoms with Crippen LogP contribution in [0.1, 0.15) is 12.2 Å². The van der Waals surface area contributed by atoms with Gasteiger partial charge >= 0.3 is 0 Å². The number of halogens is 1. The molecule has 1 aliphatic heterocycles. The third kappa shape index (κ3) is 4.58. The van der Waals surface area contributed by atoms with Crippen molar-refractivity contribution in [2.75, 3.05) is 50.0 Å². The molecule has 2 aromatic heterocycles. The molecule has 0 bridgehead atoms. The number of ether oxygens (including phenoxy) is 1. The van der Waals surface area contributed by atoms with E-state index in [-0.39, 0.29) is 5.82 Å². The minimum absolute atomic E-state index is 0.301. The number of aromatic nitrogens is 2. The van der Waals surface area contributed by atoms with Gasteiger partial charge in [0.2, 0.25) is 5.95 Å². The number of morpholine rings is 1. The summed E-state index contributed by atoms with van der Waals surface area (Å²) in [6, 6.07) is 8.59. The Morgan fingerprint density at radius 3 is 2.79 bits per heavy atom. The molecule has 0 spiro atoms. The maximum atomic E-state index is 14.3.